The van der Waals surface area contributed by atoms with Gasteiger partial charge in [0.25, 0.3) is 0 Å². The van der Waals surface area contributed by atoms with Gasteiger partial charge in [0.15, 0.2) is 0 Å². The van der Waals surface area contributed by atoms with Crippen molar-refractivity contribution in [2.45, 2.75) is 13.3 Å². The van der Waals surface area contributed by atoms with Crippen molar-refractivity contribution >= 4 is 34.7 Å². The maximum absolute atomic E-state index is 13.3. The molecule has 1 N–H and O–H groups in total. The Bertz CT molecular complexity index is 1380. The van der Waals surface area contributed by atoms with Gasteiger partial charge in [0.05, 0.1) is 24.4 Å². The van der Waals surface area contributed by atoms with Crippen LogP contribution in [0.4, 0.5) is 15.9 Å². The van der Waals surface area contributed by atoms with E-state index in [4.69, 9.17) is 4.74 Å². The molecule has 5 rings (SSSR count). The molecule has 2 amide bonds. The van der Waals surface area contributed by atoms with Crippen LogP contribution in [0.1, 0.15) is 12.1 Å². The molecule has 1 aliphatic rings. The number of anilines is 2. The zero-order valence-corrected chi connectivity index (χ0v) is 19.9. The highest BCUT2D eigenvalue weighted by molar-refractivity contribution is 7.12. The van der Waals surface area contributed by atoms with Crippen molar-refractivity contribution in [3.63, 3.8) is 0 Å². The fraction of sp³-hybridized carbons (Fsp3) is 0.200. The number of amides is 2. The van der Waals surface area contributed by atoms with E-state index in [0.29, 0.717) is 28.1 Å². The summed E-state index contributed by atoms with van der Waals surface area (Å²) in [5.41, 5.74) is 2.91. The molecule has 1 unspecified atom stereocenters. The number of aryl methyl sites for hydroxylation is 1. The fourth-order valence-electron chi connectivity index (χ4n) is 3.97. The van der Waals surface area contributed by atoms with E-state index in [1.165, 1.54) is 23.5 Å². The number of halogens is 1. The lowest BCUT2D eigenvalue weighted by atomic mass is 10.1. The topological polar surface area (TPSA) is 89.3 Å². The second-order valence-electron chi connectivity index (χ2n) is 8.20. The normalized spacial score (nSPS) is 15.5. The molecule has 0 aliphatic carbocycles. The summed E-state index contributed by atoms with van der Waals surface area (Å²) >= 11 is 1.36. The number of nitrogens with one attached hydrogen (secondary N) is 1. The molecule has 3 heterocycles. The lowest BCUT2D eigenvalue weighted by Gasteiger charge is -2.17. The Kier molecular flexibility index (Phi) is 6.04. The molecule has 178 valence electrons. The molecule has 1 saturated heterocycles. The summed E-state index contributed by atoms with van der Waals surface area (Å²) in [6.07, 6.45) is 0.122. The van der Waals surface area contributed by atoms with Gasteiger partial charge in [-0.3, -0.25) is 9.59 Å². The molecule has 2 aromatic heterocycles. The molecule has 0 spiro atoms. The van der Waals surface area contributed by atoms with Crippen molar-refractivity contribution in [1.82, 2.24) is 14.8 Å². The minimum atomic E-state index is -0.501. The Hall–Kier alpha value is -4.05. The monoisotopic (exact) mass is 491 g/mol. The van der Waals surface area contributed by atoms with E-state index in [9.17, 15) is 14.0 Å². The lowest BCUT2D eigenvalue weighted by molar-refractivity contribution is -0.122. The van der Waals surface area contributed by atoms with Crippen LogP contribution in [-0.2, 0) is 9.59 Å². The zero-order valence-electron chi connectivity index (χ0n) is 19.1. The third-order valence-electron chi connectivity index (χ3n) is 5.78. The predicted molar refractivity (Wildman–Crippen MR) is 131 cm³/mol. The largest absolute Gasteiger partial charge is 0.497 e. The number of ether oxygens (including phenoxy) is 1. The van der Waals surface area contributed by atoms with Crippen molar-refractivity contribution in [3.05, 3.63) is 71.5 Å². The van der Waals surface area contributed by atoms with Crippen molar-refractivity contribution < 1.29 is 18.7 Å². The fourth-order valence-corrected chi connectivity index (χ4v) is 4.77. The number of hydrogen-bond acceptors (Lipinski definition) is 6. The van der Waals surface area contributed by atoms with Gasteiger partial charge in [-0.1, -0.05) is 0 Å². The maximum Gasteiger partial charge on any atom is 0.230 e. The summed E-state index contributed by atoms with van der Waals surface area (Å²) in [6.45, 7) is 2.11. The second-order valence-corrected chi connectivity index (χ2v) is 9.03. The zero-order chi connectivity index (χ0) is 24.5. The summed E-state index contributed by atoms with van der Waals surface area (Å²) in [5, 5.41) is 9.81. The number of carbonyl (C=O) groups is 2. The minimum absolute atomic E-state index is 0.108. The van der Waals surface area contributed by atoms with Crippen LogP contribution in [0.3, 0.4) is 0 Å². The third-order valence-corrected chi connectivity index (χ3v) is 6.59. The number of carbonyl (C=O) groups excluding carboxylic acids is 2. The van der Waals surface area contributed by atoms with Crippen LogP contribution >= 0.6 is 11.3 Å². The van der Waals surface area contributed by atoms with Crippen LogP contribution in [0.25, 0.3) is 16.4 Å². The Morgan fingerprint density at radius 1 is 1.17 bits per heavy atom. The molecule has 0 bridgehead atoms. The highest BCUT2D eigenvalue weighted by Gasteiger charge is 2.35. The van der Waals surface area contributed by atoms with Gasteiger partial charge >= 0.3 is 0 Å². The number of rotatable bonds is 6. The van der Waals surface area contributed by atoms with Gasteiger partial charge in [-0.2, -0.15) is 9.78 Å². The van der Waals surface area contributed by atoms with Gasteiger partial charge in [0, 0.05) is 35.7 Å². The first-order chi connectivity index (χ1) is 16.9. The molecular formula is C25H22FN5O3S. The van der Waals surface area contributed by atoms with Gasteiger partial charge < -0.3 is 15.0 Å². The molecule has 1 fully saturated rings. The van der Waals surface area contributed by atoms with Crippen molar-refractivity contribution in [2.75, 3.05) is 23.9 Å². The highest BCUT2D eigenvalue weighted by Crippen LogP contribution is 2.29. The van der Waals surface area contributed by atoms with Gasteiger partial charge in [-0.15, -0.1) is 11.3 Å². The highest BCUT2D eigenvalue weighted by atomic mass is 32.1. The molecule has 8 nitrogen and oxygen atoms in total. The molecule has 2 aromatic carbocycles. The van der Waals surface area contributed by atoms with Crippen LogP contribution in [0.15, 0.2) is 60.0 Å². The molecule has 35 heavy (non-hydrogen) atoms. The average Bonchev–Trinajstić information content (AvgIpc) is 3.58. The van der Waals surface area contributed by atoms with Gasteiger partial charge in [-0.05, 0) is 55.5 Å². The molecule has 10 heteroatoms. The first-order valence-electron chi connectivity index (χ1n) is 10.9. The molecular weight excluding hydrogens is 469 g/mol. The van der Waals surface area contributed by atoms with E-state index >= 15 is 0 Å². The Morgan fingerprint density at radius 3 is 2.63 bits per heavy atom. The van der Waals surface area contributed by atoms with Crippen LogP contribution < -0.4 is 15.0 Å². The quantitative estimate of drug-likeness (QED) is 0.431. The van der Waals surface area contributed by atoms with Crippen molar-refractivity contribution in [1.29, 1.82) is 0 Å². The van der Waals surface area contributed by atoms with Crippen molar-refractivity contribution in [2.24, 2.45) is 5.92 Å². The molecule has 4 aromatic rings. The van der Waals surface area contributed by atoms with E-state index in [1.807, 2.05) is 12.3 Å². The Morgan fingerprint density at radius 2 is 1.91 bits per heavy atom. The number of benzene rings is 2. The van der Waals surface area contributed by atoms with Crippen LogP contribution in [-0.4, -0.2) is 40.2 Å². The van der Waals surface area contributed by atoms with Gasteiger partial charge in [0.2, 0.25) is 16.9 Å². The SMILES string of the molecule is COc1ccc(N2CC(C(=O)Nc3cc(C)nn3-c3nc(-c4ccc(F)cc4)cs3)CC2=O)cc1. The standard InChI is InChI=1S/C25H22FN5O3S/c1-15-11-22(31(29-15)25-27-21(14-35-25)16-3-5-18(26)6-4-16)28-24(33)17-12-23(32)30(13-17)19-7-9-20(34-2)10-8-19/h3-11,14,17H,12-13H2,1-2H3,(H,28,33). The number of thiazole rings is 1. The molecule has 0 saturated carbocycles. The Labute approximate surface area is 205 Å². The molecule has 0 radical (unpaired) electrons. The molecule has 1 aliphatic heterocycles. The number of hydrogen-bond donors (Lipinski definition) is 1. The summed E-state index contributed by atoms with van der Waals surface area (Å²) in [4.78, 5) is 31.9. The summed E-state index contributed by atoms with van der Waals surface area (Å²) in [7, 11) is 1.58. The summed E-state index contributed by atoms with van der Waals surface area (Å²) in [5.74, 6) is -0.00665. The van der Waals surface area contributed by atoms with Crippen LogP contribution in [0, 0.1) is 18.7 Å². The summed E-state index contributed by atoms with van der Waals surface area (Å²) in [6, 6.07) is 15.0. The van der Waals surface area contributed by atoms with E-state index in [0.717, 1.165) is 11.3 Å². The maximum atomic E-state index is 13.3. The lowest BCUT2D eigenvalue weighted by Crippen LogP contribution is -2.28. The second kappa shape index (κ2) is 9.30. The predicted octanol–water partition coefficient (Wildman–Crippen LogP) is 4.44. The van der Waals surface area contributed by atoms with Crippen LogP contribution in [0.2, 0.25) is 0 Å². The van der Waals surface area contributed by atoms with E-state index in [-0.39, 0.29) is 30.6 Å². The van der Waals surface area contributed by atoms with E-state index in [2.05, 4.69) is 15.4 Å². The smallest absolute Gasteiger partial charge is 0.230 e. The van der Waals surface area contributed by atoms with Crippen LogP contribution in [0.5, 0.6) is 5.75 Å². The number of nitrogens with zero attached hydrogens (tertiary/aromatic N) is 4. The first-order valence-corrected chi connectivity index (χ1v) is 11.8. The third kappa shape index (κ3) is 4.65. The molecule has 1 atom stereocenters. The number of aromatic nitrogens is 3. The van der Waals surface area contributed by atoms with Gasteiger partial charge in [0.1, 0.15) is 17.4 Å². The van der Waals surface area contributed by atoms with Gasteiger partial charge in [-0.25, -0.2) is 9.37 Å². The number of methoxy groups -OCH3 is 1. The summed E-state index contributed by atoms with van der Waals surface area (Å²) < 4.78 is 20.0. The van der Waals surface area contributed by atoms with E-state index in [1.54, 1.807) is 59.2 Å². The minimum Gasteiger partial charge on any atom is -0.497 e. The van der Waals surface area contributed by atoms with Crippen molar-refractivity contribution in [3.8, 4) is 22.1 Å². The Balaban J connectivity index is 1.32. The average molecular weight is 492 g/mol. The first kappa shape index (κ1) is 22.7. The van der Waals surface area contributed by atoms with E-state index < -0.39 is 5.92 Å².